The van der Waals surface area contributed by atoms with Gasteiger partial charge in [-0.2, -0.15) is 0 Å². The maximum absolute atomic E-state index is 10.5. The van der Waals surface area contributed by atoms with Crippen molar-refractivity contribution in [2.24, 2.45) is 0 Å². The van der Waals surface area contributed by atoms with Crippen LogP contribution >= 0.6 is 23.8 Å². The average Bonchev–Trinajstić information content (AvgIpc) is 2.17. The first kappa shape index (κ1) is 11.9. The zero-order chi connectivity index (χ0) is 11.3. The lowest BCUT2D eigenvalue weighted by atomic mass is 10.3. The van der Waals surface area contributed by atoms with Gasteiger partial charge in [0.15, 0.2) is 0 Å². The van der Waals surface area contributed by atoms with Crippen LogP contribution in [0.25, 0.3) is 0 Å². The first-order chi connectivity index (χ1) is 7.11. The molecule has 0 aliphatic rings. The third-order valence-corrected chi connectivity index (χ3v) is 2.10. The maximum atomic E-state index is 10.5. The lowest BCUT2D eigenvalue weighted by Gasteiger charge is -2.07. The summed E-state index contributed by atoms with van der Waals surface area (Å²) in [5.74, 6) is 0.388. The fourth-order valence-electron chi connectivity index (χ4n) is 0.979. The van der Waals surface area contributed by atoms with Crippen LogP contribution in [0.3, 0.4) is 0 Å². The molecule has 0 saturated carbocycles. The molecule has 0 aromatic heterocycles. The molecule has 0 unspecified atom stereocenters. The second kappa shape index (κ2) is 5.68. The average molecular weight is 244 g/mol. The number of carbonyl (C=O) groups is 1. The summed E-state index contributed by atoms with van der Waals surface area (Å²) in [4.78, 5) is 11.2. The van der Waals surface area contributed by atoms with E-state index in [1.54, 1.807) is 18.2 Å². The van der Waals surface area contributed by atoms with Crippen molar-refractivity contribution < 1.29 is 9.53 Å². The molecule has 0 atom stereocenters. The van der Waals surface area contributed by atoms with Gasteiger partial charge in [0, 0.05) is 23.4 Å². The summed E-state index contributed by atoms with van der Waals surface area (Å²) in [5, 5.41) is 3.00. The van der Waals surface area contributed by atoms with Crippen molar-refractivity contribution >= 4 is 39.9 Å². The van der Waals surface area contributed by atoms with E-state index in [0.717, 1.165) is 17.1 Å². The highest BCUT2D eigenvalue weighted by Crippen LogP contribution is 2.18. The van der Waals surface area contributed by atoms with Crippen LogP contribution in [-0.4, -0.2) is 10.4 Å². The van der Waals surface area contributed by atoms with E-state index in [9.17, 15) is 4.79 Å². The molecule has 1 aromatic rings. The standard InChI is InChI=1S/C10H10ClNO2S/c1-2-9(15)12-7-4-3-5-8(6-7)14-10(11)13/h3-6H,2H2,1H3,(H,12,15). The third-order valence-electron chi connectivity index (χ3n) is 1.64. The van der Waals surface area contributed by atoms with Gasteiger partial charge in [-0.05, 0) is 18.6 Å². The third kappa shape index (κ3) is 4.27. The van der Waals surface area contributed by atoms with E-state index in [0.29, 0.717) is 5.75 Å². The van der Waals surface area contributed by atoms with Gasteiger partial charge in [-0.1, -0.05) is 25.2 Å². The highest BCUT2D eigenvalue weighted by molar-refractivity contribution is 7.80. The van der Waals surface area contributed by atoms with Crippen molar-refractivity contribution in [3.05, 3.63) is 24.3 Å². The molecule has 80 valence electrons. The quantitative estimate of drug-likeness (QED) is 0.651. The largest absolute Gasteiger partial charge is 0.414 e. The first-order valence-corrected chi connectivity index (χ1v) is 5.17. The number of hydrogen-bond acceptors (Lipinski definition) is 3. The van der Waals surface area contributed by atoms with E-state index in [-0.39, 0.29) is 0 Å². The van der Waals surface area contributed by atoms with E-state index in [1.807, 2.05) is 13.0 Å². The van der Waals surface area contributed by atoms with Gasteiger partial charge < -0.3 is 10.1 Å². The predicted molar refractivity (Wildman–Crippen MR) is 64.8 cm³/mol. The van der Waals surface area contributed by atoms with Crippen LogP contribution in [0.1, 0.15) is 13.3 Å². The molecule has 0 heterocycles. The number of carbonyl (C=O) groups excluding carboxylic acids is 1. The van der Waals surface area contributed by atoms with Crippen LogP contribution < -0.4 is 10.1 Å². The minimum atomic E-state index is -0.856. The van der Waals surface area contributed by atoms with E-state index in [4.69, 9.17) is 28.6 Å². The smallest absolute Gasteiger partial charge is 0.409 e. The fourth-order valence-corrected chi connectivity index (χ4v) is 1.19. The van der Waals surface area contributed by atoms with Gasteiger partial charge in [0.25, 0.3) is 0 Å². The predicted octanol–water partition coefficient (Wildman–Crippen LogP) is 3.57. The summed E-state index contributed by atoms with van der Waals surface area (Å²) in [6.07, 6.45) is 0.759. The summed E-state index contributed by atoms with van der Waals surface area (Å²) < 4.78 is 4.71. The lowest BCUT2D eigenvalue weighted by Crippen LogP contribution is -2.07. The second-order valence-corrected chi connectivity index (χ2v) is 3.57. The van der Waals surface area contributed by atoms with Crippen molar-refractivity contribution in [1.82, 2.24) is 0 Å². The van der Waals surface area contributed by atoms with Crippen molar-refractivity contribution in [3.63, 3.8) is 0 Å². The molecule has 0 spiro atoms. The normalized spacial score (nSPS) is 9.47. The molecular weight excluding hydrogens is 234 g/mol. The number of anilines is 1. The van der Waals surface area contributed by atoms with Crippen molar-refractivity contribution in [2.45, 2.75) is 13.3 Å². The molecule has 3 nitrogen and oxygen atoms in total. The minimum absolute atomic E-state index is 0.388. The van der Waals surface area contributed by atoms with Gasteiger partial charge in [0.1, 0.15) is 5.75 Å². The molecule has 0 radical (unpaired) electrons. The lowest BCUT2D eigenvalue weighted by molar-refractivity contribution is 0.225. The van der Waals surface area contributed by atoms with Gasteiger partial charge in [0.05, 0.1) is 4.99 Å². The van der Waals surface area contributed by atoms with Crippen LogP contribution in [-0.2, 0) is 0 Å². The molecule has 0 fully saturated rings. The molecule has 5 heteroatoms. The van der Waals surface area contributed by atoms with E-state index in [1.165, 1.54) is 0 Å². The van der Waals surface area contributed by atoms with Gasteiger partial charge in [-0.3, -0.25) is 0 Å². The highest BCUT2D eigenvalue weighted by Gasteiger charge is 2.01. The van der Waals surface area contributed by atoms with Crippen molar-refractivity contribution in [3.8, 4) is 5.75 Å². The van der Waals surface area contributed by atoms with Gasteiger partial charge in [-0.15, -0.1) is 0 Å². The summed E-state index contributed by atoms with van der Waals surface area (Å²) >= 11 is 10.1. The van der Waals surface area contributed by atoms with Crippen LogP contribution in [0, 0.1) is 0 Å². The van der Waals surface area contributed by atoms with Gasteiger partial charge in [0.2, 0.25) is 0 Å². The summed E-state index contributed by atoms with van der Waals surface area (Å²) in [6.45, 7) is 1.96. The topological polar surface area (TPSA) is 38.3 Å². The number of halogens is 1. The number of benzene rings is 1. The Balaban J connectivity index is 2.74. The number of nitrogens with one attached hydrogen (secondary N) is 1. The Hall–Kier alpha value is -1.13. The van der Waals surface area contributed by atoms with Crippen LogP contribution in [0.5, 0.6) is 5.75 Å². The van der Waals surface area contributed by atoms with E-state index >= 15 is 0 Å². The van der Waals surface area contributed by atoms with Gasteiger partial charge in [-0.25, -0.2) is 4.79 Å². The van der Waals surface area contributed by atoms with Crippen molar-refractivity contribution in [2.75, 3.05) is 5.32 Å². The molecule has 1 rings (SSSR count). The number of thiocarbonyl (C=S) groups is 1. The summed E-state index contributed by atoms with van der Waals surface area (Å²) in [7, 11) is 0. The highest BCUT2D eigenvalue weighted by atomic mass is 35.5. The Kier molecular flexibility index (Phi) is 4.52. The SMILES string of the molecule is CCC(=S)Nc1cccc(OC(=O)Cl)c1. The Bertz CT molecular complexity index is 381. The van der Waals surface area contributed by atoms with Crippen molar-refractivity contribution in [1.29, 1.82) is 0 Å². The van der Waals surface area contributed by atoms with Crippen LogP contribution in [0.15, 0.2) is 24.3 Å². The van der Waals surface area contributed by atoms with Crippen LogP contribution in [0.2, 0.25) is 0 Å². The molecular formula is C10H10ClNO2S. The fraction of sp³-hybridized carbons (Fsp3) is 0.200. The van der Waals surface area contributed by atoms with Crippen LogP contribution in [0.4, 0.5) is 10.5 Å². The summed E-state index contributed by atoms with van der Waals surface area (Å²) in [5.41, 5.74) is -0.0810. The molecule has 0 amide bonds. The van der Waals surface area contributed by atoms with E-state index < -0.39 is 5.43 Å². The van der Waals surface area contributed by atoms with E-state index in [2.05, 4.69) is 5.32 Å². The Morgan fingerprint density at radius 2 is 2.33 bits per heavy atom. The Morgan fingerprint density at radius 1 is 1.60 bits per heavy atom. The monoisotopic (exact) mass is 243 g/mol. The number of rotatable bonds is 3. The minimum Gasteiger partial charge on any atom is -0.414 e. The molecule has 0 aliphatic carbocycles. The molecule has 0 saturated heterocycles. The zero-order valence-electron chi connectivity index (χ0n) is 8.12. The summed E-state index contributed by atoms with van der Waals surface area (Å²) in [6, 6.07) is 6.87. The van der Waals surface area contributed by atoms with Gasteiger partial charge >= 0.3 is 5.43 Å². The zero-order valence-corrected chi connectivity index (χ0v) is 9.69. The molecule has 1 N–H and O–H groups in total. The Morgan fingerprint density at radius 3 is 2.93 bits per heavy atom. The first-order valence-electron chi connectivity index (χ1n) is 4.39. The second-order valence-electron chi connectivity index (χ2n) is 2.77. The molecule has 0 aliphatic heterocycles. The maximum Gasteiger partial charge on any atom is 0.409 e. The molecule has 1 aromatic carbocycles. The number of ether oxygens (including phenoxy) is 1. The molecule has 15 heavy (non-hydrogen) atoms. The Labute approximate surface area is 98.4 Å². The molecule has 0 bridgehead atoms. The number of hydrogen-bond donors (Lipinski definition) is 1.